The summed E-state index contributed by atoms with van der Waals surface area (Å²) >= 11 is 0. The van der Waals surface area contributed by atoms with Gasteiger partial charge in [0.2, 0.25) is 0 Å². The molecule has 2 rings (SSSR count). The second-order valence-electron chi connectivity index (χ2n) is 5.03. The van der Waals surface area contributed by atoms with Crippen molar-refractivity contribution in [1.82, 2.24) is 5.32 Å². The number of hydrogen-bond acceptors (Lipinski definition) is 3. The zero-order chi connectivity index (χ0) is 14.4. The van der Waals surface area contributed by atoms with Crippen LogP contribution in [0.1, 0.15) is 12.5 Å². The monoisotopic (exact) mass is 273 g/mol. The maximum absolute atomic E-state index is 5.51. The zero-order valence-corrected chi connectivity index (χ0v) is 12.5. The van der Waals surface area contributed by atoms with Crippen molar-refractivity contribution in [2.45, 2.75) is 19.4 Å². The third-order valence-corrected chi connectivity index (χ3v) is 3.50. The van der Waals surface area contributed by atoms with E-state index < -0.39 is 0 Å². The van der Waals surface area contributed by atoms with Gasteiger partial charge >= 0.3 is 0 Å². The lowest BCUT2D eigenvalue weighted by Gasteiger charge is -2.15. The minimum atomic E-state index is 0.362. The molecule has 3 nitrogen and oxygen atoms in total. The Morgan fingerprint density at radius 1 is 1.10 bits per heavy atom. The summed E-state index contributed by atoms with van der Waals surface area (Å²) in [4.78, 5) is 0. The van der Waals surface area contributed by atoms with Gasteiger partial charge in [0, 0.05) is 18.7 Å². The fraction of sp³-hybridized carbons (Fsp3) is 0.412. The lowest BCUT2D eigenvalue weighted by atomic mass is 10.0. The second-order valence-corrected chi connectivity index (χ2v) is 5.03. The highest BCUT2D eigenvalue weighted by Crippen LogP contribution is 2.28. The van der Waals surface area contributed by atoms with Crippen LogP contribution in [-0.4, -0.2) is 33.4 Å². The van der Waals surface area contributed by atoms with Gasteiger partial charge < -0.3 is 14.8 Å². The van der Waals surface area contributed by atoms with Gasteiger partial charge in [-0.3, -0.25) is 0 Å². The lowest BCUT2D eigenvalue weighted by Crippen LogP contribution is -2.31. The minimum Gasteiger partial charge on any atom is -0.496 e. The molecule has 2 aromatic rings. The smallest absolute Gasteiger partial charge is 0.122 e. The van der Waals surface area contributed by atoms with Crippen molar-refractivity contribution in [1.29, 1.82) is 0 Å². The van der Waals surface area contributed by atoms with E-state index in [4.69, 9.17) is 9.47 Å². The summed E-state index contributed by atoms with van der Waals surface area (Å²) in [6.45, 7) is 3.77. The van der Waals surface area contributed by atoms with Crippen LogP contribution in [0.4, 0.5) is 0 Å². The number of methoxy groups -OCH3 is 2. The normalized spacial score (nSPS) is 12.6. The Balaban J connectivity index is 2.15. The van der Waals surface area contributed by atoms with Gasteiger partial charge in [0.1, 0.15) is 5.75 Å². The molecule has 2 aromatic carbocycles. The summed E-state index contributed by atoms with van der Waals surface area (Å²) < 4.78 is 10.6. The molecule has 0 bridgehead atoms. The second kappa shape index (κ2) is 7.27. The fourth-order valence-corrected chi connectivity index (χ4v) is 2.52. The number of benzene rings is 2. The number of rotatable bonds is 7. The van der Waals surface area contributed by atoms with Crippen LogP contribution in [-0.2, 0) is 11.2 Å². The first-order valence-corrected chi connectivity index (χ1v) is 7.03. The van der Waals surface area contributed by atoms with E-state index in [1.807, 2.05) is 0 Å². The standard InChI is InChI=1S/C17H23NO2/c1-13(12-19-2)18-11-10-16-15-7-5-4-6-14(15)8-9-17(16)20-3/h4-9,13,18H,10-12H2,1-3H3/t13-/m0/s1. The van der Waals surface area contributed by atoms with Crippen LogP contribution in [0.25, 0.3) is 10.8 Å². The van der Waals surface area contributed by atoms with Crippen LogP contribution < -0.4 is 10.1 Å². The molecule has 0 spiro atoms. The summed E-state index contributed by atoms with van der Waals surface area (Å²) in [5.41, 5.74) is 1.27. The number of ether oxygens (including phenoxy) is 2. The predicted molar refractivity (Wildman–Crippen MR) is 83.5 cm³/mol. The average Bonchev–Trinajstić information content (AvgIpc) is 2.47. The van der Waals surface area contributed by atoms with Crippen LogP contribution in [0.15, 0.2) is 36.4 Å². The van der Waals surface area contributed by atoms with Crippen molar-refractivity contribution in [3.63, 3.8) is 0 Å². The maximum Gasteiger partial charge on any atom is 0.122 e. The maximum atomic E-state index is 5.51. The van der Waals surface area contributed by atoms with Crippen LogP contribution in [0.5, 0.6) is 5.75 Å². The number of nitrogens with one attached hydrogen (secondary N) is 1. The number of fused-ring (bicyclic) bond motifs is 1. The molecule has 108 valence electrons. The molecule has 0 aliphatic rings. The van der Waals surface area contributed by atoms with Gasteiger partial charge in [-0.25, -0.2) is 0 Å². The summed E-state index contributed by atoms with van der Waals surface area (Å²) in [5, 5.41) is 6.00. The molecule has 0 amide bonds. The van der Waals surface area contributed by atoms with Gasteiger partial charge in [0.15, 0.2) is 0 Å². The molecule has 20 heavy (non-hydrogen) atoms. The fourth-order valence-electron chi connectivity index (χ4n) is 2.52. The topological polar surface area (TPSA) is 30.5 Å². The first kappa shape index (κ1) is 14.8. The quantitative estimate of drug-likeness (QED) is 0.841. The van der Waals surface area contributed by atoms with Gasteiger partial charge in [0.05, 0.1) is 13.7 Å². The van der Waals surface area contributed by atoms with Crippen molar-refractivity contribution in [2.75, 3.05) is 27.4 Å². The Morgan fingerprint density at radius 3 is 2.65 bits per heavy atom. The summed E-state index contributed by atoms with van der Waals surface area (Å²) in [6, 6.07) is 13.0. The lowest BCUT2D eigenvalue weighted by molar-refractivity contribution is 0.172. The minimum absolute atomic E-state index is 0.362. The van der Waals surface area contributed by atoms with E-state index in [-0.39, 0.29) is 0 Å². The van der Waals surface area contributed by atoms with Gasteiger partial charge in [-0.2, -0.15) is 0 Å². The Labute approximate surface area is 120 Å². The molecule has 0 radical (unpaired) electrons. The SMILES string of the molecule is COC[C@H](C)NCCc1c(OC)ccc2ccccc12. The molecule has 0 aliphatic heterocycles. The van der Waals surface area contributed by atoms with Crippen LogP contribution in [0.2, 0.25) is 0 Å². The van der Waals surface area contributed by atoms with Gasteiger partial charge in [-0.15, -0.1) is 0 Å². The largest absolute Gasteiger partial charge is 0.496 e. The molecule has 0 saturated heterocycles. The molecule has 0 saturated carbocycles. The first-order chi connectivity index (χ1) is 9.76. The molecule has 3 heteroatoms. The van der Waals surface area contributed by atoms with E-state index in [0.717, 1.165) is 25.3 Å². The molecule has 1 atom stereocenters. The highest BCUT2D eigenvalue weighted by atomic mass is 16.5. The summed E-state index contributed by atoms with van der Waals surface area (Å²) in [6.07, 6.45) is 0.943. The third kappa shape index (κ3) is 3.50. The molecule has 0 fully saturated rings. The molecule has 0 aromatic heterocycles. The average molecular weight is 273 g/mol. The van der Waals surface area contributed by atoms with E-state index >= 15 is 0 Å². The molecule has 0 unspecified atom stereocenters. The highest BCUT2D eigenvalue weighted by Gasteiger charge is 2.08. The van der Waals surface area contributed by atoms with E-state index in [1.165, 1.54) is 16.3 Å². The zero-order valence-electron chi connectivity index (χ0n) is 12.5. The van der Waals surface area contributed by atoms with E-state index in [0.29, 0.717) is 6.04 Å². The molecule has 0 heterocycles. The van der Waals surface area contributed by atoms with Gasteiger partial charge in [-0.05, 0) is 36.7 Å². The highest BCUT2D eigenvalue weighted by molar-refractivity contribution is 5.87. The first-order valence-electron chi connectivity index (χ1n) is 7.03. The number of hydrogen-bond donors (Lipinski definition) is 1. The van der Waals surface area contributed by atoms with Crippen molar-refractivity contribution < 1.29 is 9.47 Å². The van der Waals surface area contributed by atoms with Crippen LogP contribution in [0, 0.1) is 0 Å². The van der Waals surface area contributed by atoms with E-state index in [9.17, 15) is 0 Å². The van der Waals surface area contributed by atoms with Gasteiger partial charge in [0.25, 0.3) is 0 Å². The molecule has 0 aliphatic carbocycles. The van der Waals surface area contributed by atoms with Gasteiger partial charge in [-0.1, -0.05) is 30.3 Å². The van der Waals surface area contributed by atoms with Crippen LogP contribution >= 0.6 is 0 Å². The third-order valence-electron chi connectivity index (χ3n) is 3.50. The summed E-state index contributed by atoms with van der Waals surface area (Å²) in [5.74, 6) is 0.963. The van der Waals surface area contributed by atoms with Crippen molar-refractivity contribution >= 4 is 10.8 Å². The molecule has 1 N–H and O–H groups in total. The van der Waals surface area contributed by atoms with Crippen molar-refractivity contribution in [3.8, 4) is 5.75 Å². The van der Waals surface area contributed by atoms with Crippen molar-refractivity contribution in [3.05, 3.63) is 42.0 Å². The van der Waals surface area contributed by atoms with E-state index in [1.54, 1.807) is 14.2 Å². The Morgan fingerprint density at radius 2 is 1.90 bits per heavy atom. The summed E-state index contributed by atoms with van der Waals surface area (Å²) in [7, 11) is 3.46. The molecular weight excluding hydrogens is 250 g/mol. The van der Waals surface area contributed by atoms with Crippen LogP contribution in [0.3, 0.4) is 0 Å². The predicted octanol–water partition coefficient (Wildman–Crippen LogP) is 3.02. The van der Waals surface area contributed by atoms with Crippen molar-refractivity contribution in [2.24, 2.45) is 0 Å². The van der Waals surface area contributed by atoms with E-state index in [2.05, 4.69) is 48.6 Å². The molecular formula is C17H23NO2. The Bertz CT molecular complexity index is 554. The Hall–Kier alpha value is -1.58. The Kier molecular flexibility index (Phi) is 5.39.